The molecule has 0 fully saturated rings. The largest absolute Gasteiger partial charge is 0.318 e. The number of aromatic nitrogens is 1. The van der Waals surface area contributed by atoms with E-state index in [-0.39, 0.29) is 11.6 Å². The molecule has 0 spiro atoms. The van der Waals surface area contributed by atoms with Crippen LogP contribution in [-0.2, 0) is 4.79 Å². The molecule has 0 aliphatic rings. The average molecular weight is 300 g/mol. The van der Waals surface area contributed by atoms with Crippen molar-refractivity contribution in [2.75, 3.05) is 0 Å². The zero-order valence-electron chi connectivity index (χ0n) is 12.5. The second-order valence-electron chi connectivity index (χ2n) is 4.87. The summed E-state index contributed by atoms with van der Waals surface area (Å²) in [6.07, 6.45) is 1.55. The maximum absolute atomic E-state index is 10.9. The predicted octanol–water partition coefficient (Wildman–Crippen LogP) is 2.47. The van der Waals surface area contributed by atoms with Crippen molar-refractivity contribution in [3.63, 3.8) is 0 Å². The molecule has 0 aliphatic heterocycles. The number of benzene rings is 1. The Hall–Kier alpha value is -2.96. The lowest BCUT2D eigenvalue weighted by Crippen LogP contribution is -2.12. The lowest BCUT2D eigenvalue weighted by Gasteiger charge is -2.09. The quantitative estimate of drug-likeness (QED) is 0.534. The molecule has 0 unspecified atom stereocenters. The summed E-state index contributed by atoms with van der Waals surface area (Å²) in [6, 6.07) is 8.34. The molecule has 0 saturated heterocycles. The highest BCUT2D eigenvalue weighted by Gasteiger charge is 2.12. The Labute approximate surface area is 127 Å². The number of carbonyl (C=O) groups is 1. The topological polar surface area (TPSA) is 89.5 Å². The fourth-order valence-corrected chi connectivity index (χ4v) is 2.25. The van der Waals surface area contributed by atoms with E-state index < -0.39 is 4.92 Å². The molecule has 0 aliphatic carbocycles. The molecule has 0 atom stereocenters. The number of hydrogen-bond acceptors (Lipinski definition) is 4. The van der Waals surface area contributed by atoms with Gasteiger partial charge in [-0.25, -0.2) is 5.43 Å². The van der Waals surface area contributed by atoms with Crippen LogP contribution in [0.4, 0.5) is 5.69 Å². The molecule has 1 heterocycles. The van der Waals surface area contributed by atoms with Crippen molar-refractivity contribution in [1.82, 2.24) is 9.99 Å². The van der Waals surface area contributed by atoms with E-state index in [9.17, 15) is 14.9 Å². The fourth-order valence-electron chi connectivity index (χ4n) is 2.25. The molecular weight excluding hydrogens is 284 g/mol. The third kappa shape index (κ3) is 3.20. The van der Waals surface area contributed by atoms with Crippen LogP contribution in [0.2, 0.25) is 0 Å². The zero-order valence-corrected chi connectivity index (χ0v) is 12.5. The maximum Gasteiger partial charge on any atom is 0.271 e. The SMILES string of the molecule is CC(=O)N/N=C\c1cc(C)n(-c2cccc([N+](=O)[O-])c2)c1C. The number of hydrazone groups is 1. The van der Waals surface area contributed by atoms with Gasteiger partial charge in [-0.2, -0.15) is 5.10 Å². The van der Waals surface area contributed by atoms with Gasteiger partial charge in [0.1, 0.15) is 0 Å². The predicted molar refractivity (Wildman–Crippen MR) is 83.3 cm³/mol. The normalized spacial score (nSPS) is 10.9. The first-order valence-electron chi connectivity index (χ1n) is 6.63. The van der Waals surface area contributed by atoms with Gasteiger partial charge in [-0.05, 0) is 26.0 Å². The minimum absolute atomic E-state index is 0.0402. The third-order valence-corrected chi connectivity index (χ3v) is 3.19. The van der Waals surface area contributed by atoms with Gasteiger partial charge in [0.25, 0.3) is 5.69 Å². The van der Waals surface area contributed by atoms with Gasteiger partial charge in [-0.1, -0.05) is 6.07 Å². The monoisotopic (exact) mass is 300 g/mol. The van der Waals surface area contributed by atoms with Gasteiger partial charge in [0, 0.05) is 36.0 Å². The van der Waals surface area contributed by atoms with E-state index in [1.54, 1.807) is 12.3 Å². The second-order valence-corrected chi connectivity index (χ2v) is 4.87. The number of rotatable bonds is 4. The molecule has 7 nitrogen and oxygen atoms in total. The summed E-state index contributed by atoms with van der Waals surface area (Å²) >= 11 is 0. The molecule has 2 aromatic rings. The molecule has 0 saturated carbocycles. The van der Waals surface area contributed by atoms with Crippen LogP contribution in [0.1, 0.15) is 23.9 Å². The summed E-state index contributed by atoms with van der Waals surface area (Å²) in [4.78, 5) is 21.3. The average Bonchev–Trinajstić information content (AvgIpc) is 2.73. The molecular formula is C15H16N4O3. The van der Waals surface area contributed by atoms with Gasteiger partial charge < -0.3 is 4.57 Å². The number of carbonyl (C=O) groups excluding carboxylic acids is 1. The van der Waals surface area contributed by atoms with E-state index >= 15 is 0 Å². The minimum atomic E-state index is -0.420. The number of nitrogens with one attached hydrogen (secondary N) is 1. The second kappa shape index (κ2) is 6.21. The summed E-state index contributed by atoms with van der Waals surface area (Å²) in [7, 11) is 0. The number of hydrogen-bond donors (Lipinski definition) is 1. The van der Waals surface area contributed by atoms with Crippen LogP contribution < -0.4 is 5.43 Å². The van der Waals surface area contributed by atoms with Gasteiger partial charge >= 0.3 is 0 Å². The van der Waals surface area contributed by atoms with Crippen LogP contribution in [0.5, 0.6) is 0 Å². The highest BCUT2D eigenvalue weighted by Crippen LogP contribution is 2.22. The molecule has 2 rings (SSSR count). The Kier molecular flexibility index (Phi) is 4.36. The molecule has 1 N–H and O–H groups in total. The van der Waals surface area contributed by atoms with Gasteiger partial charge in [-0.3, -0.25) is 14.9 Å². The first-order valence-corrected chi connectivity index (χ1v) is 6.63. The molecule has 114 valence electrons. The Bertz CT molecular complexity index is 762. The van der Waals surface area contributed by atoms with Gasteiger partial charge in [0.15, 0.2) is 0 Å². The summed E-state index contributed by atoms with van der Waals surface area (Å²) in [5.74, 6) is -0.247. The molecule has 1 amide bonds. The van der Waals surface area contributed by atoms with E-state index in [1.807, 2.05) is 30.5 Å². The van der Waals surface area contributed by atoms with Gasteiger partial charge in [-0.15, -0.1) is 0 Å². The maximum atomic E-state index is 10.9. The zero-order chi connectivity index (χ0) is 16.3. The van der Waals surface area contributed by atoms with Crippen LogP contribution in [0.3, 0.4) is 0 Å². The number of nitrogens with zero attached hydrogens (tertiary/aromatic N) is 3. The summed E-state index contributed by atoms with van der Waals surface area (Å²) < 4.78 is 1.90. The summed E-state index contributed by atoms with van der Waals surface area (Å²) in [6.45, 7) is 5.17. The number of nitro benzene ring substituents is 1. The Morgan fingerprint density at radius 3 is 2.73 bits per heavy atom. The van der Waals surface area contributed by atoms with Crippen molar-refractivity contribution in [2.45, 2.75) is 20.8 Å². The number of nitro groups is 1. The summed E-state index contributed by atoms with van der Waals surface area (Å²) in [5, 5.41) is 14.7. The smallest absolute Gasteiger partial charge is 0.271 e. The van der Waals surface area contributed by atoms with Crippen LogP contribution in [0, 0.1) is 24.0 Å². The van der Waals surface area contributed by atoms with E-state index in [0.29, 0.717) is 5.69 Å². The van der Waals surface area contributed by atoms with E-state index in [4.69, 9.17) is 0 Å². The van der Waals surface area contributed by atoms with Crippen LogP contribution in [-0.4, -0.2) is 21.6 Å². The van der Waals surface area contributed by atoms with Crippen molar-refractivity contribution in [3.8, 4) is 5.69 Å². The Balaban J connectivity index is 2.42. The van der Waals surface area contributed by atoms with Crippen molar-refractivity contribution in [2.24, 2.45) is 5.10 Å². The van der Waals surface area contributed by atoms with E-state index in [0.717, 1.165) is 17.0 Å². The standard InChI is InChI=1S/C15H16N4O3/c1-10-7-13(9-16-17-12(3)20)11(2)18(10)14-5-4-6-15(8-14)19(21)22/h4-9H,1-3H3,(H,17,20)/b16-9-. The lowest BCUT2D eigenvalue weighted by molar-refractivity contribution is -0.384. The van der Waals surface area contributed by atoms with Crippen LogP contribution >= 0.6 is 0 Å². The van der Waals surface area contributed by atoms with Crippen LogP contribution in [0.25, 0.3) is 5.69 Å². The van der Waals surface area contributed by atoms with Crippen molar-refractivity contribution in [1.29, 1.82) is 0 Å². The van der Waals surface area contributed by atoms with Crippen molar-refractivity contribution in [3.05, 3.63) is 57.4 Å². The molecule has 0 bridgehead atoms. The molecule has 7 heteroatoms. The number of non-ortho nitro benzene ring substituents is 1. The molecule has 0 radical (unpaired) electrons. The fraction of sp³-hybridized carbons (Fsp3) is 0.200. The van der Waals surface area contributed by atoms with Gasteiger partial charge in [0.05, 0.1) is 16.8 Å². The van der Waals surface area contributed by atoms with Crippen molar-refractivity contribution >= 4 is 17.8 Å². The molecule has 1 aromatic carbocycles. The highest BCUT2D eigenvalue weighted by atomic mass is 16.6. The van der Waals surface area contributed by atoms with E-state index in [1.165, 1.54) is 19.1 Å². The Morgan fingerprint density at radius 1 is 1.36 bits per heavy atom. The van der Waals surface area contributed by atoms with Crippen molar-refractivity contribution < 1.29 is 9.72 Å². The van der Waals surface area contributed by atoms with Crippen LogP contribution in [0.15, 0.2) is 35.4 Å². The summed E-state index contributed by atoms with van der Waals surface area (Å²) in [5.41, 5.74) is 5.73. The first-order chi connectivity index (χ1) is 10.4. The highest BCUT2D eigenvalue weighted by molar-refractivity contribution is 5.83. The number of amides is 1. The molecule has 22 heavy (non-hydrogen) atoms. The minimum Gasteiger partial charge on any atom is -0.318 e. The Morgan fingerprint density at radius 2 is 2.09 bits per heavy atom. The van der Waals surface area contributed by atoms with Gasteiger partial charge in [0.2, 0.25) is 5.91 Å². The third-order valence-electron chi connectivity index (χ3n) is 3.19. The number of aryl methyl sites for hydroxylation is 1. The lowest BCUT2D eigenvalue weighted by atomic mass is 10.2. The van der Waals surface area contributed by atoms with E-state index in [2.05, 4.69) is 10.5 Å². The first kappa shape index (κ1) is 15.4. The molecule has 1 aromatic heterocycles.